The monoisotopic (exact) mass is 290 g/mol. The van der Waals surface area contributed by atoms with Crippen molar-refractivity contribution in [2.75, 3.05) is 11.1 Å². The summed E-state index contributed by atoms with van der Waals surface area (Å²) < 4.78 is 0. The molecule has 0 spiro atoms. The molecule has 4 nitrogen and oxygen atoms in total. The smallest absolute Gasteiger partial charge is 0.135 e. The maximum atomic E-state index is 5.97. The lowest BCUT2D eigenvalue weighted by atomic mass is 10.2. The summed E-state index contributed by atoms with van der Waals surface area (Å²) in [5.74, 6) is 2.46. The summed E-state index contributed by atoms with van der Waals surface area (Å²) in [7, 11) is 0. The molecule has 3 N–H and O–H groups in total. The summed E-state index contributed by atoms with van der Waals surface area (Å²) in [6.45, 7) is 9.04. The van der Waals surface area contributed by atoms with Gasteiger partial charge in [0.15, 0.2) is 0 Å². The van der Waals surface area contributed by atoms with Crippen LogP contribution in [0.1, 0.15) is 47.8 Å². The molecule has 20 heavy (non-hydrogen) atoms. The Labute approximate surface area is 124 Å². The van der Waals surface area contributed by atoms with Crippen LogP contribution < -0.4 is 11.1 Å². The molecule has 0 unspecified atom stereocenters. The molecule has 0 amide bonds. The van der Waals surface area contributed by atoms with Gasteiger partial charge in [0.1, 0.15) is 17.5 Å². The number of nitrogen functional groups attached to an aromatic ring is 1. The Morgan fingerprint density at radius 1 is 1.25 bits per heavy atom. The minimum Gasteiger partial charge on any atom is -0.383 e. The molecule has 5 heteroatoms. The van der Waals surface area contributed by atoms with Crippen molar-refractivity contribution in [1.29, 1.82) is 0 Å². The number of hydrogen-bond acceptors (Lipinski definition) is 5. The molecule has 0 aliphatic carbocycles. The van der Waals surface area contributed by atoms with E-state index in [1.807, 2.05) is 18.3 Å². The summed E-state index contributed by atoms with van der Waals surface area (Å²) >= 11 is 1.84. The van der Waals surface area contributed by atoms with Gasteiger partial charge in [0.2, 0.25) is 0 Å². The van der Waals surface area contributed by atoms with Gasteiger partial charge >= 0.3 is 0 Å². The number of nitrogens with zero attached hydrogens (tertiary/aromatic N) is 2. The SMILES string of the molecule is CCc1ccc(CNc2nc(C(C)C)nc(N)c2C)s1. The molecule has 0 radical (unpaired) electrons. The highest BCUT2D eigenvalue weighted by Gasteiger charge is 2.11. The van der Waals surface area contributed by atoms with Crippen molar-refractivity contribution < 1.29 is 0 Å². The molecule has 0 aliphatic rings. The molecule has 108 valence electrons. The van der Waals surface area contributed by atoms with Crippen LogP contribution in [0.4, 0.5) is 11.6 Å². The number of aryl methyl sites for hydroxylation is 1. The van der Waals surface area contributed by atoms with Gasteiger partial charge in [-0.2, -0.15) is 0 Å². The maximum absolute atomic E-state index is 5.97. The van der Waals surface area contributed by atoms with Gasteiger partial charge in [-0.25, -0.2) is 9.97 Å². The molecule has 0 bridgehead atoms. The Morgan fingerprint density at radius 2 is 1.95 bits per heavy atom. The van der Waals surface area contributed by atoms with E-state index in [2.05, 4.69) is 48.2 Å². The Balaban J connectivity index is 2.16. The minimum atomic E-state index is 0.270. The summed E-state index contributed by atoms with van der Waals surface area (Å²) in [4.78, 5) is 11.6. The van der Waals surface area contributed by atoms with Gasteiger partial charge in [0.25, 0.3) is 0 Å². The first kappa shape index (κ1) is 14.8. The van der Waals surface area contributed by atoms with E-state index in [9.17, 15) is 0 Å². The summed E-state index contributed by atoms with van der Waals surface area (Å²) in [6.07, 6.45) is 1.08. The zero-order chi connectivity index (χ0) is 14.7. The highest BCUT2D eigenvalue weighted by Crippen LogP contribution is 2.23. The molecule has 0 saturated carbocycles. The van der Waals surface area contributed by atoms with Crippen LogP contribution >= 0.6 is 11.3 Å². The Kier molecular flexibility index (Phi) is 4.60. The van der Waals surface area contributed by atoms with Crippen molar-refractivity contribution in [3.05, 3.63) is 33.3 Å². The van der Waals surface area contributed by atoms with Crippen molar-refractivity contribution in [3.63, 3.8) is 0 Å². The largest absolute Gasteiger partial charge is 0.383 e. The Bertz CT molecular complexity index is 590. The maximum Gasteiger partial charge on any atom is 0.135 e. The van der Waals surface area contributed by atoms with E-state index in [1.165, 1.54) is 9.75 Å². The van der Waals surface area contributed by atoms with Gasteiger partial charge in [-0.15, -0.1) is 11.3 Å². The van der Waals surface area contributed by atoms with Gasteiger partial charge < -0.3 is 11.1 Å². The van der Waals surface area contributed by atoms with Gasteiger partial charge in [-0.05, 0) is 25.5 Å². The number of aromatic nitrogens is 2. The quantitative estimate of drug-likeness (QED) is 0.880. The minimum absolute atomic E-state index is 0.270. The van der Waals surface area contributed by atoms with E-state index < -0.39 is 0 Å². The Morgan fingerprint density at radius 3 is 2.55 bits per heavy atom. The van der Waals surface area contributed by atoms with E-state index in [-0.39, 0.29) is 5.92 Å². The zero-order valence-electron chi connectivity index (χ0n) is 12.5. The predicted octanol–water partition coefficient (Wildman–Crippen LogP) is 3.73. The van der Waals surface area contributed by atoms with E-state index in [0.29, 0.717) is 5.82 Å². The van der Waals surface area contributed by atoms with Crippen LogP contribution in [0.5, 0.6) is 0 Å². The number of nitrogens with one attached hydrogen (secondary N) is 1. The van der Waals surface area contributed by atoms with Crippen LogP contribution in [0.2, 0.25) is 0 Å². The van der Waals surface area contributed by atoms with Crippen LogP contribution in [0.15, 0.2) is 12.1 Å². The van der Waals surface area contributed by atoms with Crippen molar-refractivity contribution >= 4 is 23.0 Å². The lowest BCUT2D eigenvalue weighted by Gasteiger charge is -2.13. The second-order valence-electron chi connectivity index (χ2n) is 5.17. The fourth-order valence-electron chi connectivity index (χ4n) is 1.86. The first-order valence-electron chi connectivity index (χ1n) is 6.96. The van der Waals surface area contributed by atoms with Crippen molar-refractivity contribution in [3.8, 4) is 0 Å². The summed E-state index contributed by atoms with van der Waals surface area (Å²) in [6, 6.07) is 4.35. The molecule has 0 fully saturated rings. The molecule has 0 aliphatic heterocycles. The predicted molar refractivity (Wildman–Crippen MR) is 86.3 cm³/mol. The first-order valence-corrected chi connectivity index (χ1v) is 7.78. The van der Waals surface area contributed by atoms with Crippen molar-refractivity contribution in [2.24, 2.45) is 0 Å². The zero-order valence-corrected chi connectivity index (χ0v) is 13.3. The number of anilines is 2. The normalized spacial score (nSPS) is 11.1. The van der Waals surface area contributed by atoms with Crippen molar-refractivity contribution in [2.45, 2.75) is 46.6 Å². The molecule has 2 heterocycles. The fraction of sp³-hybridized carbons (Fsp3) is 0.467. The van der Waals surface area contributed by atoms with E-state index in [4.69, 9.17) is 5.73 Å². The van der Waals surface area contributed by atoms with E-state index in [0.717, 1.165) is 30.2 Å². The second kappa shape index (κ2) is 6.22. The molecular formula is C15H22N4S. The molecule has 2 aromatic rings. The fourth-order valence-corrected chi connectivity index (χ4v) is 2.76. The topological polar surface area (TPSA) is 63.8 Å². The summed E-state index contributed by atoms with van der Waals surface area (Å²) in [5.41, 5.74) is 6.88. The van der Waals surface area contributed by atoms with Crippen LogP contribution in [-0.2, 0) is 13.0 Å². The standard InChI is InChI=1S/C15H22N4S/c1-5-11-6-7-12(20-11)8-17-15-10(4)13(16)18-14(19-15)9(2)3/h6-7,9H,5,8H2,1-4H3,(H3,16,17,18,19). The molecule has 2 rings (SSSR count). The lowest BCUT2D eigenvalue weighted by Crippen LogP contribution is -2.10. The van der Waals surface area contributed by atoms with Crippen LogP contribution in [-0.4, -0.2) is 9.97 Å². The third kappa shape index (κ3) is 3.28. The van der Waals surface area contributed by atoms with Crippen LogP contribution in [0.25, 0.3) is 0 Å². The Hall–Kier alpha value is -1.62. The molecular weight excluding hydrogens is 268 g/mol. The molecule has 2 aromatic heterocycles. The number of hydrogen-bond donors (Lipinski definition) is 2. The average molecular weight is 290 g/mol. The molecule has 0 saturated heterocycles. The molecule has 0 aromatic carbocycles. The number of rotatable bonds is 5. The number of nitrogens with two attached hydrogens (primary N) is 1. The van der Waals surface area contributed by atoms with Gasteiger partial charge in [0, 0.05) is 21.2 Å². The highest BCUT2D eigenvalue weighted by molar-refractivity contribution is 7.12. The van der Waals surface area contributed by atoms with Crippen molar-refractivity contribution in [1.82, 2.24) is 9.97 Å². The lowest BCUT2D eigenvalue weighted by molar-refractivity contribution is 0.774. The van der Waals surface area contributed by atoms with Gasteiger partial charge in [-0.3, -0.25) is 0 Å². The third-order valence-corrected chi connectivity index (χ3v) is 4.44. The third-order valence-electron chi connectivity index (χ3n) is 3.21. The van der Waals surface area contributed by atoms with Gasteiger partial charge in [-0.1, -0.05) is 20.8 Å². The van der Waals surface area contributed by atoms with Crippen LogP contribution in [0.3, 0.4) is 0 Å². The number of thiophene rings is 1. The van der Waals surface area contributed by atoms with Gasteiger partial charge in [0.05, 0.1) is 6.54 Å². The average Bonchev–Trinajstić information content (AvgIpc) is 2.88. The first-order chi connectivity index (χ1) is 9.51. The summed E-state index contributed by atoms with van der Waals surface area (Å²) in [5, 5.41) is 3.38. The molecule has 0 atom stereocenters. The highest BCUT2D eigenvalue weighted by atomic mass is 32.1. The van der Waals surface area contributed by atoms with E-state index >= 15 is 0 Å². The van der Waals surface area contributed by atoms with Crippen LogP contribution in [0, 0.1) is 6.92 Å². The van der Waals surface area contributed by atoms with E-state index in [1.54, 1.807) is 0 Å². The second-order valence-corrected chi connectivity index (χ2v) is 6.42.